The average molecular weight is 372 g/mol. The third-order valence-corrected chi connectivity index (χ3v) is 4.95. The Balaban J connectivity index is 1.83. The molecular formula is C23H20N2O3. The maximum Gasteiger partial charge on any atom is 0.341 e. The van der Waals surface area contributed by atoms with Gasteiger partial charge < -0.3 is 15.5 Å². The number of nitrogens with zero attached hydrogens (tertiary/aromatic N) is 1. The van der Waals surface area contributed by atoms with Gasteiger partial charge in [0.15, 0.2) is 6.29 Å². The summed E-state index contributed by atoms with van der Waals surface area (Å²) in [5, 5.41) is 21.7. The molecule has 0 saturated heterocycles. The number of carbonyl (C=O) groups excluding carboxylic acids is 1. The Morgan fingerprint density at radius 3 is 2.00 bits per heavy atom. The summed E-state index contributed by atoms with van der Waals surface area (Å²) < 4.78 is 0. The summed E-state index contributed by atoms with van der Waals surface area (Å²) >= 11 is 0. The number of aliphatic hydroxyl groups is 2. The molecule has 3 aromatic rings. The minimum atomic E-state index is -1.53. The number of hydrogen-bond acceptors (Lipinski definition) is 3. The molecule has 3 aromatic carbocycles. The van der Waals surface area contributed by atoms with Crippen LogP contribution in [0.25, 0.3) is 0 Å². The maximum absolute atomic E-state index is 12.4. The summed E-state index contributed by atoms with van der Waals surface area (Å²) in [5.74, 6) is -0.175. The van der Waals surface area contributed by atoms with Gasteiger partial charge in [-0.15, -0.1) is 0 Å². The van der Waals surface area contributed by atoms with E-state index >= 15 is 0 Å². The van der Waals surface area contributed by atoms with Crippen LogP contribution in [0, 0.1) is 0 Å². The Bertz CT molecular complexity index is 983. The Morgan fingerprint density at radius 2 is 1.39 bits per heavy atom. The number of amides is 2. The fourth-order valence-electron chi connectivity index (χ4n) is 3.60. The molecule has 0 saturated carbocycles. The highest BCUT2D eigenvalue weighted by Gasteiger charge is 2.35. The Morgan fingerprint density at radius 1 is 0.786 bits per heavy atom. The first-order valence-electron chi connectivity index (χ1n) is 9.09. The molecule has 0 fully saturated rings. The Kier molecular flexibility index (Phi) is 5.02. The van der Waals surface area contributed by atoms with E-state index in [-0.39, 0.29) is 18.0 Å². The number of rotatable bonds is 4. The summed E-state index contributed by atoms with van der Waals surface area (Å²) in [6.45, 7) is 0. The van der Waals surface area contributed by atoms with Crippen LogP contribution in [0.4, 0.5) is 4.79 Å². The first kappa shape index (κ1) is 18.1. The van der Waals surface area contributed by atoms with E-state index in [0.29, 0.717) is 11.3 Å². The molecule has 0 aromatic heterocycles. The highest BCUT2D eigenvalue weighted by atomic mass is 16.5. The molecule has 1 aliphatic rings. The van der Waals surface area contributed by atoms with Gasteiger partial charge in [0.25, 0.3) is 0 Å². The van der Waals surface area contributed by atoms with Crippen molar-refractivity contribution in [2.75, 3.05) is 0 Å². The molecule has 0 aliphatic carbocycles. The molecule has 5 nitrogen and oxygen atoms in total. The molecule has 2 atom stereocenters. The Labute approximate surface area is 163 Å². The molecule has 5 heteroatoms. The van der Waals surface area contributed by atoms with E-state index < -0.39 is 6.29 Å². The van der Waals surface area contributed by atoms with Gasteiger partial charge in [-0.2, -0.15) is 4.99 Å². The molecule has 3 N–H and O–H groups in total. The molecule has 0 radical (unpaired) electrons. The highest BCUT2D eigenvalue weighted by Crippen LogP contribution is 2.37. The lowest BCUT2D eigenvalue weighted by atomic mass is 9.80. The first-order chi connectivity index (χ1) is 13.6. The van der Waals surface area contributed by atoms with Crippen molar-refractivity contribution in [3.8, 4) is 0 Å². The quantitative estimate of drug-likeness (QED) is 0.611. The minimum Gasteiger partial charge on any atom is -0.364 e. The van der Waals surface area contributed by atoms with E-state index in [1.165, 1.54) is 0 Å². The molecule has 2 amide bonds. The van der Waals surface area contributed by atoms with E-state index in [1.807, 2.05) is 72.8 Å². The van der Waals surface area contributed by atoms with Crippen molar-refractivity contribution < 1.29 is 15.0 Å². The normalized spacial score (nSPS) is 19.2. The minimum absolute atomic E-state index is 0.175. The lowest BCUT2D eigenvalue weighted by Gasteiger charge is -2.33. The Hall–Kier alpha value is -3.28. The number of benzene rings is 3. The molecule has 140 valence electrons. The van der Waals surface area contributed by atoms with Crippen molar-refractivity contribution in [2.24, 2.45) is 4.99 Å². The van der Waals surface area contributed by atoms with E-state index in [4.69, 9.17) is 0 Å². The van der Waals surface area contributed by atoms with Crippen molar-refractivity contribution in [2.45, 2.75) is 18.2 Å². The number of aliphatic hydroxyl groups excluding tert-OH is 1. The molecule has 1 aliphatic heterocycles. The van der Waals surface area contributed by atoms with E-state index in [2.05, 4.69) is 10.3 Å². The predicted octanol–water partition coefficient (Wildman–Crippen LogP) is 3.71. The van der Waals surface area contributed by atoms with Crippen molar-refractivity contribution in [1.29, 1.82) is 0 Å². The SMILES string of the molecule is O=C1N=C(c2ccccc2)C(c2ccccc2)C(c2ccc(C(O)O)cc2)N1. The van der Waals surface area contributed by atoms with E-state index in [0.717, 1.165) is 16.7 Å². The number of nitrogens with one attached hydrogen (secondary N) is 1. The van der Waals surface area contributed by atoms with Gasteiger partial charge in [-0.1, -0.05) is 84.9 Å². The van der Waals surface area contributed by atoms with Gasteiger partial charge in [0.1, 0.15) is 0 Å². The summed E-state index contributed by atoms with van der Waals surface area (Å²) in [6.07, 6.45) is -1.53. The number of carbonyl (C=O) groups is 1. The van der Waals surface area contributed by atoms with Crippen molar-refractivity contribution in [3.05, 3.63) is 107 Å². The second kappa shape index (κ2) is 7.76. The third kappa shape index (κ3) is 3.58. The molecule has 28 heavy (non-hydrogen) atoms. The molecule has 1 heterocycles. The fraction of sp³-hybridized carbons (Fsp3) is 0.130. The van der Waals surface area contributed by atoms with Crippen LogP contribution in [-0.4, -0.2) is 22.0 Å². The number of hydrogen-bond donors (Lipinski definition) is 3. The van der Waals surface area contributed by atoms with Crippen LogP contribution in [0.2, 0.25) is 0 Å². The van der Waals surface area contributed by atoms with Crippen LogP contribution >= 0.6 is 0 Å². The van der Waals surface area contributed by atoms with E-state index in [9.17, 15) is 15.0 Å². The van der Waals surface area contributed by atoms with Crippen LogP contribution in [-0.2, 0) is 0 Å². The average Bonchev–Trinajstić information content (AvgIpc) is 2.74. The van der Waals surface area contributed by atoms with Gasteiger partial charge in [0, 0.05) is 5.56 Å². The molecule has 4 rings (SSSR count). The zero-order valence-electron chi connectivity index (χ0n) is 15.1. The molecule has 0 bridgehead atoms. The molecule has 2 unspecified atom stereocenters. The lowest BCUT2D eigenvalue weighted by Crippen LogP contribution is -2.40. The van der Waals surface area contributed by atoms with E-state index in [1.54, 1.807) is 12.1 Å². The predicted molar refractivity (Wildman–Crippen MR) is 107 cm³/mol. The zero-order valence-corrected chi connectivity index (χ0v) is 15.1. The summed E-state index contributed by atoms with van der Waals surface area (Å²) in [4.78, 5) is 16.7. The van der Waals surface area contributed by atoms with Crippen molar-refractivity contribution >= 4 is 11.7 Å². The van der Waals surface area contributed by atoms with Gasteiger partial charge in [-0.3, -0.25) is 0 Å². The van der Waals surface area contributed by atoms with Crippen LogP contribution < -0.4 is 5.32 Å². The van der Waals surface area contributed by atoms with Crippen LogP contribution in [0.1, 0.15) is 40.5 Å². The maximum atomic E-state index is 12.4. The highest BCUT2D eigenvalue weighted by molar-refractivity contribution is 6.12. The number of urea groups is 1. The zero-order chi connectivity index (χ0) is 19.5. The standard InChI is InChI=1S/C23H20N2O3/c26-22(27)18-13-11-17(12-14-18)21-19(15-7-3-1-4-8-15)20(24-23(28)25-21)16-9-5-2-6-10-16/h1-14,19,21-22,26-27H,(H,25,28). The monoisotopic (exact) mass is 372 g/mol. The second-order valence-corrected chi connectivity index (χ2v) is 6.72. The van der Waals surface area contributed by atoms with Crippen LogP contribution in [0.3, 0.4) is 0 Å². The van der Waals surface area contributed by atoms with Crippen LogP contribution in [0.15, 0.2) is 89.9 Å². The summed E-state index contributed by atoms with van der Waals surface area (Å²) in [5.41, 5.74) is 3.93. The van der Waals surface area contributed by atoms with Crippen molar-refractivity contribution in [3.63, 3.8) is 0 Å². The second-order valence-electron chi connectivity index (χ2n) is 6.72. The summed E-state index contributed by atoms with van der Waals surface area (Å²) in [6, 6.07) is 25.9. The smallest absolute Gasteiger partial charge is 0.341 e. The van der Waals surface area contributed by atoms with Gasteiger partial charge in [-0.25, -0.2) is 4.79 Å². The van der Waals surface area contributed by atoms with Gasteiger partial charge in [-0.05, 0) is 16.7 Å². The fourth-order valence-corrected chi connectivity index (χ4v) is 3.60. The largest absolute Gasteiger partial charge is 0.364 e. The van der Waals surface area contributed by atoms with Gasteiger partial charge in [0.05, 0.1) is 17.7 Å². The lowest BCUT2D eigenvalue weighted by molar-refractivity contribution is -0.0425. The van der Waals surface area contributed by atoms with Gasteiger partial charge in [0.2, 0.25) is 0 Å². The molecular weight excluding hydrogens is 352 g/mol. The van der Waals surface area contributed by atoms with Gasteiger partial charge >= 0.3 is 6.03 Å². The third-order valence-electron chi connectivity index (χ3n) is 4.95. The summed E-state index contributed by atoms with van der Waals surface area (Å²) in [7, 11) is 0. The number of aliphatic imine (C=N–C) groups is 1. The van der Waals surface area contributed by atoms with Crippen LogP contribution in [0.5, 0.6) is 0 Å². The topological polar surface area (TPSA) is 81.9 Å². The molecule has 0 spiro atoms. The van der Waals surface area contributed by atoms with Crippen molar-refractivity contribution in [1.82, 2.24) is 5.32 Å². The first-order valence-corrected chi connectivity index (χ1v) is 9.09.